The lowest BCUT2D eigenvalue weighted by molar-refractivity contribution is -0.113. The molecule has 0 aliphatic heterocycles. The van der Waals surface area contributed by atoms with Crippen LogP contribution in [0.3, 0.4) is 0 Å². The second kappa shape index (κ2) is 7.18. The molecule has 0 unspecified atom stereocenters. The number of anilines is 2. The summed E-state index contributed by atoms with van der Waals surface area (Å²) in [7, 11) is 0. The number of nitrogens with one attached hydrogen (secondary N) is 1. The molecule has 2 rings (SSSR count). The second-order valence-corrected chi connectivity index (χ2v) is 5.93. The largest absolute Gasteiger partial charge is 0.399 e. The number of nitrogen functional groups attached to an aromatic ring is 1. The third-order valence-corrected chi connectivity index (χ3v) is 4.38. The van der Waals surface area contributed by atoms with E-state index in [1.54, 1.807) is 0 Å². The van der Waals surface area contributed by atoms with Gasteiger partial charge >= 0.3 is 0 Å². The molecule has 0 radical (unpaired) electrons. The number of aryl methyl sites for hydroxylation is 2. The van der Waals surface area contributed by atoms with Crippen molar-refractivity contribution >= 4 is 29.0 Å². The zero-order valence-corrected chi connectivity index (χ0v) is 13.2. The molecule has 0 fully saturated rings. The fraction of sp³-hybridized carbons (Fsp3) is 0.235. The summed E-state index contributed by atoms with van der Waals surface area (Å²) < 4.78 is 0. The molecule has 0 atom stereocenters. The molecule has 2 aromatic carbocycles. The molecule has 2 aromatic rings. The molecule has 0 aliphatic rings. The van der Waals surface area contributed by atoms with E-state index in [0.29, 0.717) is 5.75 Å². The van der Waals surface area contributed by atoms with Crippen LogP contribution in [0.2, 0.25) is 0 Å². The van der Waals surface area contributed by atoms with Crippen molar-refractivity contribution in [2.24, 2.45) is 0 Å². The van der Waals surface area contributed by atoms with Gasteiger partial charge < -0.3 is 11.1 Å². The van der Waals surface area contributed by atoms with Crippen LogP contribution < -0.4 is 11.1 Å². The first-order valence-corrected chi connectivity index (χ1v) is 7.94. The molecule has 3 N–H and O–H groups in total. The molecule has 3 nitrogen and oxygen atoms in total. The van der Waals surface area contributed by atoms with Gasteiger partial charge in [-0.05, 0) is 54.8 Å². The van der Waals surface area contributed by atoms with E-state index in [-0.39, 0.29) is 5.91 Å². The summed E-state index contributed by atoms with van der Waals surface area (Å²) in [4.78, 5) is 13.0. The predicted molar refractivity (Wildman–Crippen MR) is 90.8 cm³/mol. The van der Waals surface area contributed by atoms with Crippen molar-refractivity contribution in [3.8, 4) is 0 Å². The number of nitrogens with two attached hydrogens (primary N) is 1. The normalized spacial score (nSPS) is 10.4. The number of carbonyl (C=O) groups is 1. The van der Waals surface area contributed by atoms with Gasteiger partial charge in [-0.3, -0.25) is 4.79 Å². The van der Waals surface area contributed by atoms with Crippen LogP contribution in [0.1, 0.15) is 18.1 Å². The summed E-state index contributed by atoms with van der Waals surface area (Å²) in [6, 6.07) is 13.7. The molecule has 0 saturated heterocycles. The number of amides is 1. The Labute approximate surface area is 129 Å². The first kappa shape index (κ1) is 15.4. The monoisotopic (exact) mass is 300 g/mol. The molecule has 110 valence electrons. The van der Waals surface area contributed by atoms with Gasteiger partial charge in [-0.2, -0.15) is 0 Å². The van der Waals surface area contributed by atoms with Crippen molar-refractivity contribution in [2.75, 3.05) is 16.8 Å². The second-order valence-electron chi connectivity index (χ2n) is 4.91. The fourth-order valence-electron chi connectivity index (χ4n) is 2.00. The van der Waals surface area contributed by atoms with Crippen molar-refractivity contribution in [2.45, 2.75) is 25.2 Å². The van der Waals surface area contributed by atoms with Gasteiger partial charge in [0.1, 0.15) is 0 Å². The maximum atomic E-state index is 12.0. The Hall–Kier alpha value is -1.94. The Morgan fingerprint density at radius 3 is 2.52 bits per heavy atom. The van der Waals surface area contributed by atoms with E-state index in [4.69, 9.17) is 5.73 Å². The highest BCUT2D eigenvalue weighted by Crippen LogP contribution is 2.24. The Bertz CT molecular complexity index is 623. The Balaban J connectivity index is 1.89. The third-order valence-electron chi connectivity index (χ3n) is 3.20. The van der Waals surface area contributed by atoms with Crippen LogP contribution in [0.15, 0.2) is 47.4 Å². The minimum absolute atomic E-state index is 0.000438. The molecule has 1 amide bonds. The summed E-state index contributed by atoms with van der Waals surface area (Å²) in [6.07, 6.45) is 1.00. The van der Waals surface area contributed by atoms with Crippen LogP contribution in [-0.4, -0.2) is 11.7 Å². The molecule has 0 aliphatic carbocycles. The van der Waals surface area contributed by atoms with Gasteiger partial charge in [0.05, 0.1) is 5.75 Å². The summed E-state index contributed by atoms with van der Waals surface area (Å²) in [5.74, 6) is 0.390. The number of carbonyl (C=O) groups excluding carboxylic acids is 1. The van der Waals surface area contributed by atoms with Crippen molar-refractivity contribution < 1.29 is 4.79 Å². The van der Waals surface area contributed by atoms with Crippen molar-refractivity contribution in [1.29, 1.82) is 0 Å². The van der Waals surface area contributed by atoms with Gasteiger partial charge in [-0.25, -0.2) is 0 Å². The molecule has 0 heterocycles. The van der Waals surface area contributed by atoms with E-state index in [9.17, 15) is 4.79 Å². The smallest absolute Gasteiger partial charge is 0.234 e. The molecule has 21 heavy (non-hydrogen) atoms. The van der Waals surface area contributed by atoms with E-state index in [0.717, 1.165) is 28.3 Å². The molecule has 0 bridgehead atoms. The molecular formula is C17H20N2OS. The van der Waals surface area contributed by atoms with Gasteiger partial charge in [0.2, 0.25) is 5.91 Å². The summed E-state index contributed by atoms with van der Waals surface area (Å²) >= 11 is 1.52. The molecule has 0 saturated carbocycles. The minimum atomic E-state index is 0.000438. The number of hydrogen-bond donors (Lipinski definition) is 2. The minimum Gasteiger partial charge on any atom is -0.399 e. The average molecular weight is 300 g/mol. The van der Waals surface area contributed by atoms with Crippen LogP contribution in [-0.2, 0) is 11.2 Å². The highest BCUT2D eigenvalue weighted by atomic mass is 32.2. The van der Waals surface area contributed by atoms with E-state index in [1.165, 1.54) is 17.3 Å². The SMILES string of the molecule is CCc1ccc(NC(=O)CSc2ccc(N)cc2C)cc1. The van der Waals surface area contributed by atoms with E-state index in [2.05, 4.69) is 12.2 Å². The van der Waals surface area contributed by atoms with Crippen LogP contribution in [0.4, 0.5) is 11.4 Å². The lowest BCUT2D eigenvalue weighted by Gasteiger charge is -2.08. The number of hydrogen-bond acceptors (Lipinski definition) is 3. The maximum absolute atomic E-state index is 12.0. The van der Waals surface area contributed by atoms with Gasteiger partial charge in [-0.15, -0.1) is 11.8 Å². The van der Waals surface area contributed by atoms with Gasteiger partial charge in [-0.1, -0.05) is 19.1 Å². The Morgan fingerprint density at radius 1 is 1.19 bits per heavy atom. The zero-order valence-electron chi connectivity index (χ0n) is 12.3. The number of thioether (sulfide) groups is 1. The fourth-order valence-corrected chi connectivity index (χ4v) is 2.81. The van der Waals surface area contributed by atoms with E-state index >= 15 is 0 Å². The third kappa shape index (κ3) is 4.53. The summed E-state index contributed by atoms with van der Waals surface area (Å²) in [5, 5.41) is 2.91. The van der Waals surface area contributed by atoms with E-state index in [1.807, 2.05) is 49.4 Å². The van der Waals surface area contributed by atoms with Gasteiger partial charge in [0, 0.05) is 16.3 Å². The Kier molecular flexibility index (Phi) is 5.28. The highest BCUT2D eigenvalue weighted by Gasteiger charge is 2.06. The topological polar surface area (TPSA) is 55.1 Å². The predicted octanol–water partition coefficient (Wildman–Crippen LogP) is 3.87. The lowest BCUT2D eigenvalue weighted by Crippen LogP contribution is -2.14. The van der Waals surface area contributed by atoms with Crippen molar-refractivity contribution in [3.05, 3.63) is 53.6 Å². The summed E-state index contributed by atoms with van der Waals surface area (Å²) in [5.41, 5.74) is 9.67. The standard InChI is InChI=1S/C17H20N2OS/c1-3-13-4-7-15(8-5-13)19-17(20)11-21-16-9-6-14(18)10-12(16)2/h4-10H,3,11,18H2,1-2H3,(H,19,20). The molecule has 0 spiro atoms. The number of benzene rings is 2. The first-order chi connectivity index (χ1) is 10.1. The van der Waals surface area contributed by atoms with Crippen LogP contribution >= 0.6 is 11.8 Å². The quantitative estimate of drug-likeness (QED) is 0.651. The van der Waals surface area contributed by atoms with Gasteiger partial charge in [0.15, 0.2) is 0 Å². The van der Waals surface area contributed by atoms with Crippen molar-refractivity contribution in [1.82, 2.24) is 0 Å². The lowest BCUT2D eigenvalue weighted by atomic mass is 10.1. The number of rotatable bonds is 5. The van der Waals surface area contributed by atoms with Gasteiger partial charge in [0.25, 0.3) is 0 Å². The van der Waals surface area contributed by atoms with Crippen molar-refractivity contribution in [3.63, 3.8) is 0 Å². The molecule has 4 heteroatoms. The highest BCUT2D eigenvalue weighted by molar-refractivity contribution is 8.00. The molecule has 0 aromatic heterocycles. The summed E-state index contributed by atoms with van der Waals surface area (Å²) in [6.45, 7) is 4.11. The first-order valence-electron chi connectivity index (χ1n) is 6.96. The maximum Gasteiger partial charge on any atom is 0.234 e. The average Bonchev–Trinajstić information content (AvgIpc) is 2.47. The Morgan fingerprint density at radius 2 is 1.90 bits per heavy atom. The molecular weight excluding hydrogens is 280 g/mol. The van der Waals surface area contributed by atoms with Crippen LogP contribution in [0.25, 0.3) is 0 Å². The van der Waals surface area contributed by atoms with Crippen LogP contribution in [0.5, 0.6) is 0 Å². The van der Waals surface area contributed by atoms with E-state index < -0.39 is 0 Å². The van der Waals surface area contributed by atoms with Crippen LogP contribution in [0, 0.1) is 6.92 Å². The zero-order chi connectivity index (χ0) is 15.2.